The van der Waals surface area contributed by atoms with Crippen LogP contribution in [0.15, 0.2) is 18.3 Å². The molecule has 0 bridgehead atoms. The van der Waals surface area contributed by atoms with Gasteiger partial charge < -0.3 is 19.7 Å². The predicted octanol–water partition coefficient (Wildman–Crippen LogP) is 3.13. The molecular weight excluding hydrogens is 339 g/mol. The largest absolute Gasteiger partial charge is 0.484 e. The molecule has 0 spiro atoms. The predicted molar refractivity (Wildman–Crippen MR) is 85.8 cm³/mol. The summed E-state index contributed by atoms with van der Waals surface area (Å²) in [6.45, 7) is 5.22. The van der Waals surface area contributed by atoms with E-state index in [1.54, 1.807) is 0 Å². The van der Waals surface area contributed by atoms with Gasteiger partial charge in [0.05, 0.1) is 6.54 Å². The number of carbonyl (C=O) groups is 1. The fraction of sp³-hybridized carbons (Fsp3) is 0.625. The van der Waals surface area contributed by atoms with E-state index >= 15 is 0 Å². The molecule has 1 aromatic rings. The van der Waals surface area contributed by atoms with Crippen molar-refractivity contribution >= 4 is 11.9 Å². The van der Waals surface area contributed by atoms with Crippen LogP contribution in [-0.4, -0.2) is 48.6 Å². The topological polar surface area (TPSA) is 63.7 Å². The number of nitrogens with zero attached hydrogens (tertiary/aromatic N) is 2. The van der Waals surface area contributed by atoms with Crippen LogP contribution < -0.4 is 15.0 Å². The first-order valence-electron chi connectivity index (χ1n) is 7.91. The van der Waals surface area contributed by atoms with Crippen LogP contribution in [0.3, 0.4) is 0 Å². The van der Waals surface area contributed by atoms with Crippen molar-refractivity contribution in [2.24, 2.45) is 0 Å². The van der Waals surface area contributed by atoms with Gasteiger partial charge in [0.2, 0.25) is 0 Å². The number of aromatic nitrogens is 1. The molecule has 0 radical (unpaired) electrons. The summed E-state index contributed by atoms with van der Waals surface area (Å²) in [7, 11) is 0. The fourth-order valence-corrected chi connectivity index (χ4v) is 2.35. The van der Waals surface area contributed by atoms with Gasteiger partial charge in [0, 0.05) is 30.8 Å². The molecule has 1 atom stereocenters. The van der Waals surface area contributed by atoms with Gasteiger partial charge in [0.1, 0.15) is 17.7 Å². The Balaban J connectivity index is 1.90. The molecular formula is C16H22F3N3O3. The maximum absolute atomic E-state index is 12.2. The summed E-state index contributed by atoms with van der Waals surface area (Å²) in [4.78, 5) is 17.8. The van der Waals surface area contributed by atoms with E-state index in [1.165, 1.54) is 18.3 Å². The van der Waals surface area contributed by atoms with Crippen LogP contribution in [0, 0.1) is 0 Å². The highest BCUT2D eigenvalue weighted by molar-refractivity contribution is 5.68. The lowest BCUT2D eigenvalue weighted by atomic mass is 10.1. The highest BCUT2D eigenvalue weighted by Gasteiger charge is 2.30. The highest BCUT2D eigenvalue weighted by atomic mass is 19.4. The molecule has 1 N–H and O–H groups in total. The number of nitrogens with one attached hydrogen (secondary N) is 1. The summed E-state index contributed by atoms with van der Waals surface area (Å²) < 4.78 is 46.8. The summed E-state index contributed by atoms with van der Waals surface area (Å²) in [5, 5.41) is 2.72. The van der Waals surface area contributed by atoms with Crippen LogP contribution >= 0.6 is 0 Å². The van der Waals surface area contributed by atoms with Crippen molar-refractivity contribution in [3.05, 3.63) is 18.3 Å². The Hall–Kier alpha value is -2.19. The Labute approximate surface area is 144 Å². The van der Waals surface area contributed by atoms with Gasteiger partial charge in [-0.2, -0.15) is 13.2 Å². The van der Waals surface area contributed by atoms with Crippen molar-refractivity contribution in [3.8, 4) is 5.75 Å². The minimum Gasteiger partial charge on any atom is -0.484 e. The summed E-state index contributed by atoms with van der Waals surface area (Å²) in [6.07, 6.45) is -3.18. The van der Waals surface area contributed by atoms with Gasteiger partial charge in [-0.25, -0.2) is 9.78 Å². The number of amides is 1. The van der Waals surface area contributed by atoms with Crippen molar-refractivity contribution in [1.29, 1.82) is 0 Å². The van der Waals surface area contributed by atoms with Crippen molar-refractivity contribution in [1.82, 2.24) is 10.3 Å². The number of alkyl carbamates (subject to hydrolysis) is 1. The van der Waals surface area contributed by atoms with Crippen LogP contribution in [0.4, 0.5) is 23.8 Å². The van der Waals surface area contributed by atoms with Gasteiger partial charge in [-0.3, -0.25) is 0 Å². The molecule has 1 saturated heterocycles. The van der Waals surface area contributed by atoms with Gasteiger partial charge in [0.25, 0.3) is 0 Å². The quantitative estimate of drug-likeness (QED) is 0.893. The van der Waals surface area contributed by atoms with Gasteiger partial charge in [-0.05, 0) is 26.8 Å². The molecule has 1 aliphatic rings. The second kappa shape index (κ2) is 7.37. The van der Waals surface area contributed by atoms with E-state index in [-0.39, 0.29) is 17.4 Å². The molecule has 0 aliphatic carbocycles. The molecule has 1 aromatic heterocycles. The average Bonchev–Trinajstić information content (AvgIpc) is 2.91. The third kappa shape index (κ3) is 6.67. The van der Waals surface area contributed by atoms with E-state index in [4.69, 9.17) is 9.47 Å². The Morgan fingerprint density at radius 2 is 2.12 bits per heavy atom. The third-order valence-corrected chi connectivity index (χ3v) is 3.34. The summed E-state index contributed by atoms with van der Waals surface area (Å²) >= 11 is 0. The van der Waals surface area contributed by atoms with E-state index in [2.05, 4.69) is 10.3 Å². The molecule has 140 valence electrons. The first-order chi connectivity index (χ1) is 11.5. The summed E-state index contributed by atoms with van der Waals surface area (Å²) in [5.74, 6) is 0.583. The van der Waals surface area contributed by atoms with Crippen LogP contribution in [-0.2, 0) is 4.74 Å². The number of carbonyl (C=O) groups excluding carboxylic acids is 1. The van der Waals surface area contributed by atoms with Crippen molar-refractivity contribution < 1.29 is 27.4 Å². The summed E-state index contributed by atoms with van der Waals surface area (Å²) in [6, 6.07) is 2.82. The lowest BCUT2D eigenvalue weighted by molar-refractivity contribution is -0.153. The highest BCUT2D eigenvalue weighted by Crippen LogP contribution is 2.25. The zero-order valence-corrected chi connectivity index (χ0v) is 14.4. The lowest BCUT2D eigenvalue weighted by Gasteiger charge is -2.22. The van der Waals surface area contributed by atoms with E-state index in [9.17, 15) is 18.0 Å². The SMILES string of the molecule is CC(C)(C)NC(=O)O[C@@H]1CCN(c2cc(OCC(F)(F)F)ccn2)C1. The van der Waals surface area contributed by atoms with Gasteiger partial charge in [-0.15, -0.1) is 0 Å². The number of hydrogen-bond acceptors (Lipinski definition) is 5. The Bertz CT molecular complexity index is 602. The number of alkyl halides is 3. The van der Waals surface area contributed by atoms with Gasteiger partial charge in [0.15, 0.2) is 6.61 Å². The number of ether oxygens (including phenoxy) is 2. The van der Waals surface area contributed by atoms with Crippen LogP contribution in [0.2, 0.25) is 0 Å². The van der Waals surface area contributed by atoms with Crippen LogP contribution in [0.25, 0.3) is 0 Å². The number of anilines is 1. The Morgan fingerprint density at radius 3 is 2.76 bits per heavy atom. The zero-order chi connectivity index (χ0) is 18.7. The lowest BCUT2D eigenvalue weighted by Crippen LogP contribution is -2.42. The van der Waals surface area contributed by atoms with Crippen molar-refractivity contribution in [2.75, 3.05) is 24.6 Å². The van der Waals surface area contributed by atoms with Gasteiger partial charge in [-0.1, -0.05) is 0 Å². The zero-order valence-electron chi connectivity index (χ0n) is 14.4. The van der Waals surface area contributed by atoms with Crippen LogP contribution in [0.5, 0.6) is 5.75 Å². The van der Waals surface area contributed by atoms with Gasteiger partial charge >= 0.3 is 12.3 Å². The second-order valence-electron chi connectivity index (χ2n) is 6.89. The Kier molecular flexibility index (Phi) is 5.64. The first kappa shape index (κ1) is 19.1. The standard InChI is InChI=1S/C16H22F3N3O3/c1-15(2,3)21-14(23)25-12-5-7-22(9-12)13-8-11(4-6-20-13)24-10-16(17,18)19/h4,6,8,12H,5,7,9-10H2,1-3H3,(H,21,23)/t12-/m1/s1. The fourth-order valence-electron chi connectivity index (χ4n) is 2.35. The van der Waals surface area contributed by atoms with Crippen molar-refractivity contribution in [3.63, 3.8) is 0 Å². The third-order valence-electron chi connectivity index (χ3n) is 3.34. The molecule has 2 heterocycles. The molecule has 0 aromatic carbocycles. The number of pyridine rings is 1. The smallest absolute Gasteiger partial charge is 0.422 e. The minimum atomic E-state index is -4.39. The molecule has 25 heavy (non-hydrogen) atoms. The van der Waals surface area contributed by atoms with E-state index in [0.717, 1.165) is 0 Å². The molecule has 6 nitrogen and oxygen atoms in total. The molecule has 2 rings (SSSR count). The molecule has 1 amide bonds. The Morgan fingerprint density at radius 1 is 1.40 bits per heavy atom. The number of rotatable bonds is 4. The molecule has 9 heteroatoms. The average molecular weight is 361 g/mol. The summed E-state index contributed by atoms with van der Waals surface area (Å²) in [5.41, 5.74) is -0.388. The minimum absolute atomic E-state index is 0.0946. The molecule has 1 aliphatic heterocycles. The van der Waals surface area contributed by atoms with E-state index in [1.807, 2.05) is 25.7 Å². The monoisotopic (exact) mass is 361 g/mol. The number of hydrogen-bond donors (Lipinski definition) is 1. The first-order valence-corrected chi connectivity index (χ1v) is 7.91. The van der Waals surface area contributed by atoms with Crippen molar-refractivity contribution in [2.45, 2.75) is 45.0 Å². The maximum Gasteiger partial charge on any atom is 0.422 e. The maximum atomic E-state index is 12.2. The normalized spacial score (nSPS) is 18.2. The van der Waals surface area contributed by atoms with E-state index in [0.29, 0.717) is 25.3 Å². The molecule has 0 unspecified atom stereocenters. The van der Waals surface area contributed by atoms with Crippen LogP contribution in [0.1, 0.15) is 27.2 Å². The molecule has 1 fully saturated rings. The molecule has 0 saturated carbocycles. The van der Waals surface area contributed by atoms with E-state index < -0.39 is 18.9 Å². The number of halogens is 3. The second-order valence-corrected chi connectivity index (χ2v) is 6.89.